The van der Waals surface area contributed by atoms with Crippen molar-refractivity contribution in [3.63, 3.8) is 0 Å². The van der Waals surface area contributed by atoms with Crippen LogP contribution in [0.5, 0.6) is 11.5 Å². The summed E-state index contributed by atoms with van der Waals surface area (Å²) in [5, 5.41) is 7.47. The first kappa shape index (κ1) is 21.4. The number of rotatable bonds is 6. The molecule has 1 amide bonds. The van der Waals surface area contributed by atoms with Crippen LogP contribution in [0.2, 0.25) is 5.02 Å². The van der Waals surface area contributed by atoms with Gasteiger partial charge in [-0.3, -0.25) is 4.79 Å². The van der Waals surface area contributed by atoms with Crippen molar-refractivity contribution in [1.29, 1.82) is 0 Å². The lowest BCUT2D eigenvalue weighted by atomic mass is 10.1. The predicted octanol–water partition coefficient (Wildman–Crippen LogP) is 5.60. The van der Waals surface area contributed by atoms with E-state index in [4.69, 9.17) is 21.1 Å². The maximum atomic E-state index is 14.3. The molecule has 0 aliphatic heterocycles. The highest BCUT2D eigenvalue weighted by molar-refractivity contribution is 6.30. The number of para-hydroxylation sites is 1. The molecular weight excluding hydrogens is 433 g/mol. The third kappa shape index (κ3) is 4.29. The number of anilines is 1. The van der Waals surface area contributed by atoms with Crippen LogP contribution in [0.25, 0.3) is 16.9 Å². The van der Waals surface area contributed by atoms with Crippen molar-refractivity contribution in [1.82, 2.24) is 9.78 Å². The molecule has 32 heavy (non-hydrogen) atoms. The average molecular weight is 452 g/mol. The number of carbonyl (C=O) groups is 1. The van der Waals surface area contributed by atoms with E-state index >= 15 is 0 Å². The SMILES string of the molecule is COc1ccc(-c2nn(-c3ccccc3)cc2C(=O)Nc2ccc(Cl)cc2F)c(OC)c1. The van der Waals surface area contributed by atoms with Crippen LogP contribution in [0.3, 0.4) is 0 Å². The van der Waals surface area contributed by atoms with Crippen LogP contribution < -0.4 is 14.8 Å². The van der Waals surface area contributed by atoms with Crippen molar-refractivity contribution in [2.45, 2.75) is 0 Å². The molecule has 0 aliphatic rings. The Morgan fingerprint density at radius 1 is 1.03 bits per heavy atom. The minimum atomic E-state index is -0.634. The number of aromatic nitrogens is 2. The van der Waals surface area contributed by atoms with Gasteiger partial charge in [0.05, 0.1) is 31.2 Å². The normalized spacial score (nSPS) is 10.6. The van der Waals surface area contributed by atoms with Crippen LogP contribution >= 0.6 is 11.6 Å². The van der Waals surface area contributed by atoms with Gasteiger partial charge in [0, 0.05) is 22.8 Å². The van der Waals surface area contributed by atoms with Gasteiger partial charge in [-0.2, -0.15) is 5.10 Å². The fourth-order valence-electron chi connectivity index (χ4n) is 3.23. The van der Waals surface area contributed by atoms with Gasteiger partial charge >= 0.3 is 0 Å². The van der Waals surface area contributed by atoms with Gasteiger partial charge in [0.25, 0.3) is 5.91 Å². The second-order valence-corrected chi connectivity index (χ2v) is 7.25. The third-order valence-electron chi connectivity index (χ3n) is 4.82. The zero-order valence-corrected chi connectivity index (χ0v) is 18.1. The summed E-state index contributed by atoms with van der Waals surface area (Å²) in [6.07, 6.45) is 1.59. The molecule has 0 radical (unpaired) electrons. The highest BCUT2D eigenvalue weighted by atomic mass is 35.5. The molecule has 0 unspecified atom stereocenters. The minimum Gasteiger partial charge on any atom is -0.497 e. The van der Waals surface area contributed by atoms with Crippen molar-refractivity contribution < 1.29 is 18.7 Å². The molecule has 1 heterocycles. The van der Waals surface area contributed by atoms with E-state index in [0.717, 1.165) is 11.8 Å². The van der Waals surface area contributed by atoms with Gasteiger partial charge in [0.1, 0.15) is 23.0 Å². The number of benzene rings is 3. The average Bonchev–Trinajstić information content (AvgIpc) is 3.26. The summed E-state index contributed by atoms with van der Waals surface area (Å²) in [6.45, 7) is 0. The number of amides is 1. The zero-order valence-electron chi connectivity index (χ0n) is 17.3. The molecule has 3 aromatic carbocycles. The summed E-state index contributed by atoms with van der Waals surface area (Å²) >= 11 is 5.81. The highest BCUT2D eigenvalue weighted by Gasteiger charge is 2.22. The summed E-state index contributed by atoms with van der Waals surface area (Å²) < 4.78 is 26.6. The van der Waals surface area contributed by atoms with Crippen LogP contribution in [-0.2, 0) is 0 Å². The Bertz CT molecular complexity index is 1270. The summed E-state index contributed by atoms with van der Waals surface area (Å²) in [4.78, 5) is 13.2. The number of carbonyl (C=O) groups excluding carboxylic acids is 1. The Hall–Kier alpha value is -3.84. The van der Waals surface area contributed by atoms with E-state index in [1.54, 1.807) is 36.2 Å². The number of hydrogen-bond donors (Lipinski definition) is 1. The fraction of sp³-hybridized carbons (Fsp3) is 0.0833. The van der Waals surface area contributed by atoms with Gasteiger partial charge in [-0.1, -0.05) is 29.8 Å². The summed E-state index contributed by atoms with van der Waals surface area (Å²) in [5.74, 6) is -0.0807. The minimum absolute atomic E-state index is 0.0134. The molecule has 1 N–H and O–H groups in total. The molecule has 0 aliphatic carbocycles. The van der Waals surface area contributed by atoms with Gasteiger partial charge in [0.2, 0.25) is 0 Å². The first-order valence-electron chi connectivity index (χ1n) is 9.64. The van der Waals surface area contributed by atoms with Crippen molar-refractivity contribution in [2.24, 2.45) is 0 Å². The number of hydrogen-bond acceptors (Lipinski definition) is 4. The number of methoxy groups -OCH3 is 2. The Kier molecular flexibility index (Phi) is 6.09. The fourth-order valence-corrected chi connectivity index (χ4v) is 3.39. The van der Waals surface area contributed by atoms with E-state index in [2.05, 4.69) is 10.4 Å². The van der Waals surface area contributed by atoms with Crippen LogP contribution in [-0.4, -0.2) is 29.9 Å². The summed E-state index contributed by atoms with van der Waals surface area (Å²) in [5.41, 5.74) is 1.98. The lowest BCUT2D eigenvalue weighted by Crippen LogP contribution is -2.13. The Morgan fingerprint density at radius 3 is 2.50 bits per heavy atom. The van der Waals surface area contributed by atoms with Gasteiger partial charge in [0.15, 0.2) is 0 Å². The first-order chi connectivity index (χ1) is 15.5. The molecule has 0 saturated carbocycles. The molecular formula is C24H19ClFN3O3. The van der Waals surface area contributed by atoms with Gasteiger partial charge in [-0.05, 0) is 42.5 Å². The molecule has 0 fully saturated rings. The van der Waals surface area contributed by atoms with Crippen LogP contribution in [0.1, 0.15) is 10.4 Å². The highest BCUT2D eigenvalue weighted by Crippen LogP contribution is 2.35. The molecule has 6 nitrogen and oxygen atoms in total. The maximum absolute atomic E-state index is 14.3. The van der Waals surface area contributed by atoms with Crippen molar-refractivity contribution in [2.75, 3.05) is 19.5 Å². The van der Waals surface area contributed by atoms with E-state index < -0.39 is 11.7 Å². The second-order valence-electron chi connectivity index (χ2n) is 6.82. The Labute approximate surface area is 189 Å². The lowest BCUT2D eigenvalue weighted by Gasteiger charge is -2.11. The number of nitrogens with zero attached hydrogens (tertiary/aromatic N) is 2. The van der Waals surface area contributed by atoms with Gasteiger partial charge < -0.3 is 14.8 Å². The Balaban J connectivity index is 1.82. The van der Waals surface area contributed by atoms with Crippen LogP contribution in [0, 0.1) is 5.82 Å². The molecule has 4 rings (SSSR count). The quantitative estimate of drug-likeness (QED) is 0.414. The monoisotopic (exact) mass is 451 g/mol. The Morgan fingerprint density at radius 2 is 1.81 bits per heavy atom. The predicted molar refractivity (Wildman–Crippen MR) is 121 cm³/mol. The molecule has 0 bridgehead atoms. The van der Waals surface area contributed by atoms with Crippen LogP contribution in [0.4, 0.5) is 10.1 Å². The number of ether oxygens (including phenoxy) is 2. The van der Waals surface area contributed by atoms with E-state index in [0.29, 0.717) is 22.8 Å². The number of halogens is 2. The topological polar surface area (TPSA) is 65.4 Å². The van der Waals surface area contributed by atoms with E-state index in [1.165, 1.54) is 19.2 Å². The lowest BCUT2D eigenvalue weighted by molar-refractivity contribution is 0.102. The zero-order chi connectivity index (χ0) is 22.7. The second kappa shape index (κ2) is 9.11. The van der Waals surface area contributed by atoms with Crippen molar-refractivity contribution in [3.05, 3.63) is 89.3 Å². The molecule has 4 aromatic rings. The van der Waals surface area contributed by atoms with E-state index in [-0.39, 0.29) is 16.3 Å². The van der Waals surface area contributed by atoms with Crippen molar-refractivity contribution >= 4 is 23.2 Å². The third-order valence-corrected chi connectivity index (χ3v) is 5.06. The van der Waals surface area contributed by atoms with Crippen molar-refractivity contribution in [3.8, 4) is 28.4 Å². The number of nitrogens with one attached hydrogen (secondary N) is 1. The van der Waals surface area contributed by atoms with E-state index in [9.17, 15) is 9.18 Å². The maximum Gasteiger partial charge on any atom is 0.259 e. The molecule has 162 valence electrons. The van der Waals surface area contributed by atoms with E-state index in [1.807, 2.05) is 30.3 Å². The molecule has 0 saturated heterocycles. The first-order valence-corrected chi connectivity index (χ1v) is 10.0. The molecule has 0 spiro atoms. The summed E-state index contributed by atoms with van der Waals surface area (Å²) in [7, 11) is 3.08. The van der Waals surface area contributed by atoms with Gasteiger partial charge in [-0.25, -0.2) is 9.07 Å². The summed E-state index contributed by atoms with van der Waals surface area (Å²) in [6, 6.07) is 18.6. The smallest absolute Gasteiger partial charge is 0.259 e. The largest absolute Gasteiger partial charge is 0.497 e. The standard InChI is InChI=1S/C24H19ClFN3O3/c1-31-17-9-10-18(22(13-17)32-2)23-19(14-29(28-23)16-6-4-3-5-7-16)24(30)27-21-11-8-15(25)12-20(21)26/h3-14H,1-2H3,(H,27,30). The van der Waals surface area contributed by atoms with Crippen LogP contribution in [0.15, 0.2) is 72.9 Å². The molecule has 0 atom stereocenters. The molecule has 8 heteroatoms. The molecule has 1 aromatic heterocycles. The van der Waals surface area contributed by atoms with Gasteiger partial charge in [-0.15, -0.1) is 0 Å².